The van der Waals surface area contributed by atoms with Crippen molar-refractivity contribution in [2.24, 2.45) is 0 Å². The molecule has 1 aliphatic rings. The molecule has 1 heterocycles. The molecule has 0 aliphatic heterocycles. The van der Waals surface area contributed by atoms with Gasteiger partial charge in [0.2, 0.25) is 0 Å². The van der Waals surface area contributed by atoms with Gasteiger partial charge in [0.1, 0.15) is 0 Å². The van der Waals surface area contributed by atoms with Crippen molar-refractivity contribution in [3.05, 3.63) is 36.0 Å². The highest BCUT2D eigenvalue weighted by molar-refractivity contribution is 5.98. The summed E-state index contributed by atoms with van der Waals surface area (Å²) in [5.41, 5.74) is 1.90. The van der Waals surface area contributed by atoms with E-state index in [0.29, 0.717) is 6.04 Å². The number of carbonyl (C=O) groups is 1. The van der Waals surface area contributed by atoms with E-state index in [2.05, 4.69) is 16.8 Å². The number of H-pyrrole nitrogens is 1. The van der Waals surface area contributed by atoms with Crippen LogP contribution in [0.25, 0.3) is 10.9 Å². The Morgan fingerprint density at radius 1 is 1.25 bits per heavy atom. The van der Waals surface area contributed by atoms with E-state index in [-0.39, 0.29) is 5.91 Å². The summed E-state index contributed by atoms with van der Waals surface area (Å²) < 4.78 is 0. The number of rotatable bonds is 3. The van der Waals surface area contributed by atoms with Crippen LogP contribution in [0.1, 0.15) is 49.4 Å². The van der Waals surface area contributed by atoms with Crippen LogP contribution in [0.2, 0.25) is 0 Å². The molecule has 1 fully saturated rings. The summed E-state index contributed by atoms with van der Waals surface area (Å²) in [5, 5.41) is 1.11. The van der Waals surface area contributed by atoms with Gasteiger partial charge in [0.25, 0.3) is 5.91 Å². The van der Waals surface area contributed by atoms with Crippen molar-refractivity contribution < 1.29 is 4.79 Å². The van der Waals surface area contributed by atoms with E-state index in [9.17, 15) is 4.79 Å². The van der Waals surface area contributed by atoms with E-state index < -0.39 is 0 Å². The molecule has 1 aromatic carbocycles. The van der Waals surface area contributed by atoms with E-state index in [0.717, 1.165) is 35.9 Å². The molecule has 1 saturated carbocycles. The lowest BCUT2D eigenvalue weighted by atomic mass is 9.93. The van der Waals surface area contributed by atoms with E-state index in [1.807, 2.05) is 30.5 Å². The molecule has 1 amide bonds. The van der Waals surface area contributed by atoms with Crippen molar-refractivity contribution >= 4 is 16.8 Å². The van der Waals surface area contributed by atoms with Crippen LogP contribution in [0, 0.1) is 0 Å². The molecule has 20 heavy (non-hydrogen) atoms. The summed E-state index contributed by atoms with van der Waals surface area (Å²) in [6.07, 6.45) is 8.06. The number of fused-ring (bicyclic) bond motifs is 1. The molecule has 3 heteroatoms. The van der Waals surface area contributed by atoms with Gasteiger partial charge in [-0.3, -0.25) is 4.79 Å². The number of hydrogen-bond donors (Lipinski definition) is 1. The topological polar surface area (TPSA) is 36.1 Å². The van der Waals surface area contributed by atoms with Gasteiger partial charge in [0, 0.05) is 35.2 Å². The van der Waals surface area contributed by atoms with Gasteiger partial charge in [-0.2, -0.15) is 0 Å². The maximum absolute atomic E-state index is 12.8. The molecule has 3 nitrogen and oxygen atoms in total. The molecule has 0 atom stereocenters. The summed E-state index contributed by atoms with van der Waals surface area (Å²) >= 11 is 0. The number of hydrogen-bond acceptors (Lipinski definition) is 1. The summed E-state index contributed by atoms with van der Waals surface area (Å²) in [5.74, 6) is 0.183. The van der Waals surface area contributed by atoms with Gasteiger partial charge in [-0.15, -0.1) is 0 Å². The maximum atomic E-state index is 12.8. The average molecular weight is 270 g/mol. The summed E-state index contributed by atoms with van der Waals surface area (Å²) in [6.45, 7) is 2.88. The fraction of sp³-hybridized carbons (Fsp3) is 0.471. The van der Waals surface area contributed by atoms with Gasteiger partial charge in [-0.05, 0) is 44.0 Å². The number of aromatic amines is 1. The number of nitrogens with zero attached hydrogens (tertiary/aromatic N) is 1. The number of nitrogens with one attached hydrogen (secondary N) is 1. The lowest BCUT2D eigenvalue weighted by Gasteiger charge is -2.33. The highest BCUT2D eigenvalue weighted by Crippen LogP contribution is 2.24. The van der Waals surface area contributed by atoms with Crippen LogP contribution in [0.5, 0.6) is 0 Å². The molecular formula is C17H22N2O. The van der Waals surface area contributed by atoms with Gasteiger partial charge in [-0.1, -0.05) is 19.3 Å². The first-order valence-electron chi connectivity index (χ1n) is 7.67. The SMILES string of the molecule is CCN(C(=O)c1ccc2[nH]ccc2c1)C1CCCCC1. The minimum atomic E-state index is 0.183. The Labute approximate surface area is 120 Å². The van der Waals surface area contributed by atoms with Gasteiger partial charge in [0.15, 0.2) is 0 Å². The molecule has 0 spiro atoms. The molecule has 1 N–H and O–H groups in total. The number of amides is 1. The third-order valence-corrected chi connectivity index (χ3v) is 4.42. The Bertz CT molecular complexity index is 596. The van der Waals surface area contributed by atoms with Crippen LogP contribution in [0.15, 0.2) is 30.5 Å². The monoisotopic (exact) mass is 270 g/mol. The van der Waals surface area contributed by atoms with Crippen molar-refractivity contribution in [1.29, 1.82) is 0 Å². The van der Waals surface area contributed by atoms with Gasteiger partial charge in [-0.25, -0.2) is 0 Å². The molecule has 106 valence electrons. The van der Waals surface area contributed by atoms with E-state index in [4.69, 9.17) is 0 Å². The number of carbonyl (C=O) groups excluding carboxylic acids is 1. The molecular weight excluding hydrogens is 248 g/mol. The Hall–Kier alpha value is -1.77. The van der Waals surface area contributed by atoms with Gasteiger partial charge in [0.05, 0.1) is 0 Å². The van der Waals surface area contributed by atoms with Gasteiger partial charge < -0.3 is 9.88 Å². The first kappa shape index (κ1) is 13.2. The summed E-state index contributed by atoms with van der Waals surface area (Å²) in [4.78, 5) is 18.0. The van der Waals surface area contributed by atoms with Crippen LogP contribution in [0.4, 0.5) is 0 Å². The van der Waals surface area contributed by atoms with Crippen LogP contribution in [-0.4, -0.2) is 28.4 Å². The fourth-order valence-electron chi connectivity index (χ4n) is 3.31. The standard InChI is InChI=1S/C17H22N2O/c1-2-19(15-6-4-3-5-7-15)17(20)14-8-9-16-13(12-14)10-11-18-16/h8-12,15,18H,2-7H2,1H3. The highest BCUT2D eigenvalue weighted by atomic mass is 16.2. The van der Waals surface area contributed by atoms with Crippen molar-refractivity contribution in [3.8, 4) is 0 Å². The lowest BCUT2D eigenvalue weighted by Crippen LogP contribution is -2.41. The van der Waals surface area contributed by atoms with Crippen molar-refractivity contribution in [3.63, 3.8) is 0 Å². The predicted octanol–water partition coefficient (Wildman–Crippen LogP) is 3.96. The molecule has 0 bridgehead atoms. The molecule has 1 aliphatic carbocycles. The third-order valence-electron chi connectivity index (χ3n) is 4.42. The zero-order valence-corrected chi connectivity index (χ0v) is 12.1. The molecule has 0 radical (unpaired) electrons. The van der Waals surface area contributed by atoms with Crippen molar-refractivity contribution in [1.82, 2.24) is 9.88 Å². The van der Waals surface area contributed by atoms with Crippen molar-refractivity contribution in [2.75, 3.05) is 6.54 Å². The van der Waals surface area contributed by atoms with Crippen LogP contribution in [0.3, 0.4) is 0 Å². The Morgan fingerprint density at radius 3 is 2.80 bits per heavy atom. The summed E-state index contributed by atoms with van der Waals surface area (Å²) in [7, 11) is 0. The molecule has 2 aromatic rings. The number of aromatic nitrogens is 1. The lowest BCUT2D eigenvalue weighted by molar-refractivity contribution is 0.0648. The zero-order chi connectivity index (χ0) is 13.9. The molecule has 0 unspecified atom stereocenters. The maximum Gasteiger partial charge on any atom is 0.254 e. The predicted molar refractivity (Wildman–Crippen MR) is 81.9 cm³/mol. The molecule has 1 aromatic heterocycles. The second kappa shape index (κ2) is 5.70. The first-order valence-corrected chi connectivity index (χ1v) is 7.67. The van der Waals surface area contributed by atoms with Crippen LogP contribution < -0.4 is 0 Å². The van der Waals surface area contributed by atoms with E-state index in [1.54, 1.807) is 0 Å². The van der Waals surface area contributed by atoms with Crippen molar-refractivity contribution in [2.45, 2.75) is 45.1 Å². The molecule has 3 rings (SSSR count). The Morgan fingerprint density at radius 2 is 2.05 bits per heavy atom. The minimum absolute atomic E-state index is 0.183. The largest absolute Gasteiger partial charge is 0.361 e. The normalized spacial score (nSPS) is 16.4. The zero-order valence-electron chi connectivity index (χ0n) is 12.1. The van der Waals surface area contributed by atoms with Crippen LogP contribution >= 0.6 is 0 Å². The fourth-order valence-corrected chi connectivity index (χ4v) is 3.31. The minimum Gasteiger partial charge on any atom is -0.361 e. The Balaban J connectivity index is 1.84. The average Bonchev–Trinajstić information content (AvgIpc) is 2.96. The Kier molecular flexibility index (Phi) is 3.77. The smallest absolute Gasteiger partial charge is 0.254 e. The van der Waals surface area contributed by atoms with Gasteiger partial charge >= 0.3 is 0 Å². The first-order chi connectivity index (χ1) is 9.79. The van der Waals surface area contributed by atoms with E-state index in [1.165, 1.54) is 19.3 Å². The van der Waals surface area contributed by atoms with Crippen LogP contribution in [-0.2, 0) is 0 Å². The summed E-state index contributed by atoms with van der Waals surface area (Å²) in [6, 6.07) is 8.38. The second-order valence-corrected chi connectivity index (χ2v) is 5.66. The third kappa shape index (κ3) is 2.45. The van der Waals surface area contributed by atoms with E-state index >= 15 is 0 Å². The second-order valence-electron chi connectivity index (χ2n) is 5.66. The number of benzene rings is 1. The quantitative estimate of drug-likeness (QED) is 0.900. The molecule has 0 saturated heterocycles. The highest BCUT2D eigenvalue weighted by Gasteiger charge is 2.24.